The number of nitrogens with one attached hydrogen (secondary N) is 1. The summed E-state index contributed by atoms with van der Waals surface area (Å²) in [5.74, 6) is 1.50. The minimum absolute atomic E-state index is 0.277. The summed E-state index contributed by atoms with van der Waals surface area (Å²) in [6.07, 6.45) is 10.0. The second kappa shape index (κ2) is 7.44. The fourth-order valence-corrected chi connectivity index (χ4v) is 4.21. The van der Waals surface area contributed by atoms with Crippen LogP contribution in [0.1, 0.15) is 49.0 Å². The lowest BCUT2D eigenvalue weighted by Gasteiger charge is -2.26. The topological polar surface area (TPSA) is 86.3 Å². The first-order chi connectivity index (χ1) is 14.6. The Kier molecular flexibility index (Phi) is 4.61. The summed E-state index contributed by atoms with van der Waals surface area (Å²) in [6, 6.07) is 7.72. The molecule has 8 nitrogen and oxygen atoms in total. The summed E-state index contributed by atoms with van der Waals surface area (Å²) >= 11 is 0. The Balaban J connectivity index is 1.46. The number of carbonyl (C=O) groups excluding carboxylic acids is 1. The highest BCUT2D eigenvalue weighted by Crippen LogP contribution is 2.33. The molecule has 0 radical (unpaired) electrons. The molecular weight excluding hydrogens is 380 g/mol. The van der Waals surface area contributed by atoms with Crippen molar-refractivity contribution in [3.63, 3.8) is 0 Å². The maximum atomic E-state index is 13.0. The molecule has 1 aliphatic rings. The molecule has 4 aromatic rings. The van der Waals surface area contributed by atoms with Crippen molar-refractivity contribution < 1.29 is 9.53 Å². The zero-order chi connectivity index (χ0) is 20.7. The molecule has 0 bridgehead atoms. The predicted octanol–water partition coefficient (Wildman–Crippen LogP) is 4.09. The lowest BCUT2D eigenvalue weighted by Crippen LogP contribution is -2.16. The number of amides is 1. The standard InChI is InChI=1S/C22H24N6O2/c1-14-5-7-16(8-6-14)27-13-15-10-17(19(30-2)11-18(15)26-27)22(29)25-21-12-23-20-4-3-9-24-28(20)21/h3-4,9-14,16H,5-8H2,1-2H3,(H,25,29). The van der Waals surface area contributed by atoms with Gasteiger partial charge in [-0.3, -0.25) is 9.48 Å². The number of fused-ring (bicyclic) bond motifs is 2. The van der Waals surface area contributed by atoms with Gasteiger partial charge in [-0.1, -0.05) is 6.92 Å². The Morgan fingerprint density at radius 3 is 2.87 bits per heavy atom. The first-order valence-corrected chi connectivity index (χ1v) is 10.3. The molecule has 1 aliphatic carbocycles. The van der Waals surface area contributed by atoms with E-state index in [0.29, 0.717) is 28.8 Å². The molecule has 5 rings (SSSR count). The van der Waals surface area contributed by atoms with Crippen molar-refractivity contribution in [3.8, 4) is 5.75 Å². The van der Waals surface area contributed by atoms with Crippen LogP contribution in [0.4, 0.5) is 5.82 Å². The Morgan fingerprint density at radius 1 is 1.23 bits per heavy atom. The van der Waals surface area contributed by atoms with Gasteiger partial charge in [0.2, 0.25) is 0 Å². The molecule has 154 valence electrons. The van der Waals surface area contributed by atoms with Crippen molar-refractivity contribution in [1.82, 2.24) is 24.4 Å². The van der Waals surface area contributed by atoms with Gasteiger partial charge in [0.25, 0.3) is 5.91 Å². The molecule has 1 fully saturated rings. The SMILES string of the molecule is COc1cc2nn(C3CCC(C)CC3)cc2cc1C(=O)Nc1cnc2cccnn12. The number of anilines is 1. The highest BCUT2D eigenvalue weighted by Gasteiger charge is 2.22. The number of carbonyl (C=O) groups is 1. The minimum atomic E-state index is -0.277. The van der Waals surface area contributed by atoms with Crippen molar-refractivity contribution in [2.45, 2.75) is 38.6 Å². The van der Waals surface area contributed by atoms with Crippen LogP contribution in [-0.2, 0) is 0 Å². The van der Waals surface area contributed by atoms with Gasteiger partial charge in [-0.25, -0.2) is 4.98 Å². The molecule has 1 amide bonds. The van der Waals surface area contributed by atoms with Crippen LogP contribution in [0.2, 0.25) is 0 Å². The van der Waals surface area contributed by atoms with Gasteiger partial charge >= 0.3 is 0 Å². The fraction of sp³-hybridized carbons (Fsp3) is 0.364. The third-order valence-corrected chi connectivity index (χ3v) is 5.97. The van der Waals surface area contributed by atoms with Crippen LogP contribution >= 0.6 is 0 Å². The zero-order valence-electron chi connectivity index (χ0n) is 17.1. The van der Waals surface area contributed by atoms with E-state index in [-0.39, 0.29) is 5.91 Å². The number of hydrogen-bond donors (Lipinski definition) is 1. The van der Waals surface area contributed by atoms with Crippen molar-refractivity contribution in [2.24, 2.45) is 5.92 Å². The van der Waals surface area contributed by atoms with E-state index in [1.807, 2.05) is 24.4 Å². The Hall–Kier alpha value is -3.42. The van der Waals surface area contributed by atoms with E-state index in [1.165, 1.54) is 12.8 Å². The Morgan fingerprint density at radius 2 is 2.07 bits per heavy atom. The number of hydrogen-bond acceptors (Lipinski definition) is 5. The van der Waals surface area contributed by atoms with Gasteiger partial charge < -0.3 is 10.1 Å². The molecule has 0 unspecified atom stereocenters. The van der Waals surface area contributed by atoms with E-state index in [9.17, 15) is 4.79 Å². The highest BCUT2D eigenvalue weighted by atomic mass is 16.5. The average Bonchev–Trinajstić information content (AvgIpc) is 3.37. The van der Waals surface area contributed by atoms with Crippen LogP contribution in [-0.4, -0.2) is 37.4 Å². The summed E-state index contributed by atoms with van der Waals surface area (Å²) in [6.45, 7) is 2.31. The largest absolute Gasteiger partial charge is 0.496 e. The van der Waals surface area contributed by atoms with Crippen molar-refractivity contribution in [1.29, 1.82) is 0 Å². The van der Waals surface area contributed by atoms with Crippen LogP contribution in [0.25, 0.3) is 16.6 Å². The molecule has 0 spiro atoms. The molecular formula is C22H24N6O2. The normalized spacial score (nSPS) is 19.3. The van der Waals surface area contributed by atoms with Crippen molar-refractivity contribution >= 4 is 28.3 Å². The molecule has 1 N–H and O–H groups in total. The molecule has 0 aliphatic heterocycles. The van der Waals surface area contributed by atoms with Crippen LogP contribution in [0, 0.1) is 5.92 Å². The Bertz CT molecular complexity index is 1220. The number of methoxy groups -OCH3 is 1. The third-order valence-electron chi connectivity index (χ3n) is 5.97. The van der Waals surface area contributed by atoms with E-state index < -0.39 is 0 Å². The van der Waals surface area contributed by atoms with Gasteiger partial charge in [0.1, 0.15) is 5.75 Å². The van der Waals surface area contributed by atoms with Crippen LogP contribution in [0.5, 0.6) is 5.75 Å². The monoisotopic (exact) mass is 404 g/mol. The number of benzene rings is 1. The van der Waals surface area contributed by atoms with Crippen molar-refractivity contribution in [2.75, 3.05) is 12.4 Å². The van der Waals surface area contributed by atoms with Gasteiger partial charge in [-0.2, -0.15) is 14.7 Å². The maximum absolute atomic E-state index is 13.0. The highest BCUT2D eigenvalue weighted by molar-refractivity contribution is 6.08. The van der Waals surface area contributed by atoms with Crippen molar-refractivity contribution in [3.05, 3.63) is 48.4 Å². The second-order valence-corrected chi connectivity index (χ2v) is 8.03. The van der Waals surface area contributed by atoms with Crippen LogP contribution in [0.3, 0.4) is 0 Å². The van der Waals surface area contributed by atoms with Gasteiger partial charge in [0.15, 0.2) is 11.5 Å². The number of nitrogens with zero attached hydrogens (tertiary/aromatic N) is 5. The average molecular weight is 404 g/mol. The van der Waals surface area contributed by atoms with Crippen LogP contribution in [0.15, 0.2) is 42.9 Å². The summed E-state index contributed by atoms with van der Waals surface area (Å²) < 4.78 is 9.15. The smallest absolute Gasteiger partial charge is 0.260 e. The fourth-order valence-electron chi connectivity index (χ4n) is 4.21. The molecule has 30 heavy (non-hydrogen) atoms. The molecule has 0 atom stereocenters. The quantitative estimate of drug-likeness (QED) is 0.554. The van der Waals surface area contributed by atoms with E-state index in [4.69, 9.17) is 9.84 Å². The minimum Gasteiger partial charge on any atom is -0.496 e. The summed E-state index contributed by atoms with van der Waals surface area (Å²) in [7, 11) is 1.56. The molecule has 8 heteroatoms. The van der Waals surface area contributed by atoms with E-state index in [1.54, 1.807) is 30.1 Å². The second-order valence-electron chi connectivity index (χ2n) is 8.03. The van der Waals surface area contributed by atoms with Gasteiger partial charge in [0, 0.05) is 23.8 Å². The van der Waals surface area contributed by atoms with E-state index in [0.717, 1.165) is 29.7 Å². The first kappa shape index (κ1) is 18.6. The Labute approximate surface area is 173 Å². The molecule has 3 heterocycles. The summed E-state index contributed by atoms with van der Waals surface area (Å²) in [5.41, 5.74) is 1.95. The van der Waals surface area contributed by atoms with Crippen LogP contribution < -0.4 is 10.1 Å². The van der Waals surface area contributed by atoms with E-state index in [2.05, 4.69) is 27.0 Å². The third kappa shape index (κ3) is 3.28. The molecule has 1 aromatic carbocycles. The first-order valence-electron chi connectivity index (χ1n) is 10.3. The molecule has 3 aromatic heterocycles. The predicted molar refractivity (Wildman–Crippen MR) is 114 cm³/mol. The maximum Gasteiger partial charge on any atom is 0.260 e. The summed E-state index contributed by atoms with van der Waals surface area (Å²) in [5, 5.41) is 12.8. The number of ether oxygens (including phenoxy) is 1. The van der Waals surface area contributed by atoms with Gasteiger partial charge in [-0.05, 0) is 49.8 Å². The molecule has 0 saturated heterocycles. The van der Waals surface area contributed by atoms with E-state index >= 15 is 0 Å². The lowest BCUT2D eigenvalue weighted by molar-refractivity contribution is 0.102. The van der Waals surface area contributed by atoms with Gasteiger partial charge in [-0.15, -0.1) is 0 Å². The number of imidazole rings is 1. The zero-order valence-corrected chi connectivity index (χ0v) is 17.1. The lowest BCUT2D eigenvalue weighted by atomic mass is 9.87. The number of rotatable bonds is 4. The summed E-state index contributed by atoms with van der Waals surface area (Å²) in [4.78, 5) is 17.3. The number of aromatic nitrogens is 5. The molecule has 1 saturated carbocycles. The van der Waals surface area contributed by atoms with Gasteiger partial charge in [0.05, 0.1) is 30.4 Å².